The van der Waals surface area contributed by atoms with Crippen LogP contribution in [0.15, 0.2) is 35.4 Å². The van der Waals surface area contributed by atoms with E-state index in [1.165, 1.54) is 0 Å². The van der Waals surface area contributed by atoms with Gasteiger partial charge in [0.25, 0.3) is 0 Å². The zero-order valence-corrected chi connectivity index (χ0v) is 13.0. The van der Waals surface area contributed by atoms with Crippen molar-refractivity contribution in [2.75, 3.05) is 11.9 Å². The molecule has 0 aliphatic rings. The van der Waals surface area contributed by atoms with E-state index < -0.39 is 10.0 Å². The largest absolute Gasteiger partial charge is 0.385 e. The number of nitrogens with zero attached hydrogens (tertiary/aromatic N) is 1. The normalized spacial score (nSPS) is 11.5. The maximum atomic E-state index is 12.2. The summed E-state index contributed by atoms with van der Waals surface area (Å²) in [5.41, 5.74) is 2.61. The van der Waals surface area contributed by atoms with Gasteiger partial charge in [-0.05, 0) is 37.6 Å². The van der Waals surface area contributed by atoms with E-state index in [9.17, 15) is 8.42 Å². The number of aromatic nitrogens is 2. The van der Waals surface area contributed by atoms with Gasteiger partial charge in [-0.3, -0.25) is 5.10 Å². The van der Waals surface area contributed by atoms with Crippen molar-refractivity contribution in [2.45, 2.75) is 31.7 Å². The van der Waals surface area contributed by atoms with Crippen LogP contribution >= 0.6 is 0 Å². The molecule has 0 saturated heterocycles. The zero-order chi connectivity index (χ0) is 15.3. The number of hydrogen-bond donors (Lipinski definition) is 3. The Labute approximate surface area is 125 Å². The van der Waals surface area contributed by atoms with Crippen molar-refractivity contribution in [3.63, 3.8) is 0 Å². The first-order valence-corrected chi connectivity index (χ1v) is 8.33. The standard InChI is InChI=1S/C14H20N4O2S/c1-3-8-15-13-4-6-14(7-5-13)21(19,20)17-10-12-9-16-18-11(12)2/h4-7,9,15,17H,3,8,10H2,1-2H3,(H,16,18). The number of nitrogens with one attached hydrogen (secondary N) is 3. The number of anilines is 1. The van der Waals surface area contributed by atoms with Crippen LogP contribution < -0.4 is 10.0 Å². The number of H-pyrrole nitrogens is 1. The van der Waals surface area contributed by atoms with E-state index in [0.29, 0.717) is 0 Å². The average molecular weight is 308 g/mol. The van der Waals surface area contributed by atoms with Gasteiger partial charge >= 0.3 is 0 Å². The van der Waals surface area contributed by atoms with Gasteiger partial charge in [-0.25, -0.2) is 13.1 Å². The fourth-order valence-electron chi connectivity index (χ4n) is 1.83. The molecule has 0 fully saturated rings. The van der Waals surface area contributed by atoms with E-state index in [4.69, 9.17) is 0 Å². The summed E-state index contributed by atoms with van der Waals surface area (Å²) in [6.07, 6.45) is 2.64. The lowest BCUT2D eigenvalue weighted by Gasteiger charge is -2.08. The van der Waals surface area contributed by atoms with Crippen molar-refractivity contribution in [2.24, 2.45) is 0 Å². The summed E-state index contributed by atoms with van der Waals surface area (Å²) in [6.45, 7) is 5.02. The van der Waals surface area contributed by atoms with Crippen LogP contribution in [0.5, 0.6) is 0 Å². The molecule has 0 atom stereocenters. The van der Waals surface area contributed by atoms with E-state index in [0.717, 1.165) is 29.9 Å². The lowest BCUT2D eigenvalue weighted by Crippen LogP contribution is -2.23. The molecular formula is C14H20N4O2S. The molecule has 1 heterocycles. The third-order valence-corrected chi connectivity index (χ3v) is 4.55. The van der Waals surface area contributed by atoms with E-state index in [2.05, 4.69) is 27.2 Å². The lowest BCUT2D eigenvalue weighted by atomic mass is 10.3. The quantitative estimate of drug-likeness (QED) is 0.730. The average Bonchev–Trinajstić information content (AvgIpc) is 2.89. The van der Waals surface area contributed by atoms with Crippen LogP contribution in [0.3, 0.4) is 0 Å². The Balaban J connectivity index is 2.03. The number of rotatable bonds is 7. The number of benzene rings is 1. The van der Waals surface area contributed by atoms with E-state index in [1.807, 2.05) is 6.92 Å². The van der Waals surface area contributed by atoms with Gasteiger partial charge < -0.3 is 5.32 Å². The minimum absolute atomic E-state index is 0.223. The summed E-state index contributed by atoms with van der Waals surface area (Å²) >= 11 is 0. The van der Waals surface area contributed by atoms with Gasteiger partial charge in [-0.15, -0.1) is 0 Å². The second-order valence-corrected chi connectivity index (χ2v) is 6.56. The summed E-state index contributed by atoms with van der Waals surface area (Å²) in [4.78, 5) is 0.255. The first-order valence-electron chi connectivity index (χ1n) is 6.85. The maximum Gasteiger partial charge on any atom is 0.240 e. The smallest absolute Gasteiger partial charge is 0.240 e. The molecule has 0 amide bonds. The van der Waals surface area contributed by atoms with Gasteiger partial charge in [-0.1, -0.05) is 6.92 Å². The molecule has 0 saturated carbocycles. The highest BCUT2D eigenvalue weighted by Gasteiger charge is 2.14. The zero-order valence-electron chi connectivity index (χ0n) is 12.2. The molecule has 0 spiro atoms. The number of hydrogen-bond acceptors (Lipinski definition) is 4. The van der Waals surface area contributed by atoms with Crippen LogP contribution in [0.1, 0.15) is 24.6 Å². The lowest BCUT2D eigenvalue weighted by molar-refractivity contribution is 0.581. The van der Waals surface area contributed by atoms with Crippen molar-refractivity contribution >= 4 is 15.7 Å². The van der Waals surface area contributed by atoms with E-state index in [-0.39, 0.29) is 11.4 Å². The molecule has 0 bridgehead atoms. The fraction of sp³-hybridized carbons (Fsp3) is 0.357. The molecule has 6 nitrogen and oxygen atoms in total. The second kappa shape index (κ2) is 6.73. The minimum Gasteiger partial charge on any atom is -0.385 e. The summed E-state index contributed by atoms with van der Waals surface area (Å²) in [7, 11) is -3.51. The van der Waals surface area contributed by atoms with Crippen LogP contribution in [0.4, 0.5) is 5.69 Å². The minimum atomic E-state index is -3.51. The Bertz CT molecular complexity index is 677. The first-order chi connectivity index (χ1) is 10.0. The molecule has 21 heavy (non-hydrogen) atoms. The Morgan fingerprint density at radius 1 is 1.24 bits per heavy atom. The van der Waals surface area contributed by atoms with Crippen molar-refractivity contribution < 1.29 is 8.42 Å². The summed E-state index contributed by atoms with van der Waals surface area (Å²) in [5.74, 6) is 0. The van der Waals surface area contributed by atoms with Crippen LogP contribution in [0, 0.1) is 6.92 Å². The van der Waals surface area contributed by atoms with Gasteiger partial charge in [0.2, 0.25) is 10.0 Å². The summed E-state index contributed by atoms with van der Waals surface area (Å²) < 4.78 is 27.0. The van der Waals surface area contributed by atoms with E-state index in [1.54, 1.807) is 30.5 Å². The molecule has 1 aromatic carbocycles. The van der Waals surface area contributed by atoms with Crippen LogP contribution in [0.25, 0.3) is 0 Å². The Kier molecular flexibility index (Phi) is 4.98. The molecule has 2 aromatic rings. The Hall–Kier alpha value is -1.86. The third-order valence-electron chi connectivity index (χ3n) is 3.13. The van der Waals surface area contributed by atoms with Crippen LogP contribution in [0.2, 0.25) is 0 Å². The van der Waals surface area contributed by atoms with Gasteiger partial charge in [0.1, 0.15) is 0 Å². The second-order valence-electron chi connectivity index (χ2n) is 4.80. The van der Waals surface area contributed by atoms with Gasteiger partial charge in [0.05, 0.1) is 11.1 Å². The van der Waals surface area contributed by atoms with Crippen LogP contribution in [-0.2, 0) is 16.6 Å². The summed E-state index contributed by atoms with van der Waals surface area (Å²) in [5, 5.41) is 9.85. The summed E-state index contributed by atoms with van der Waals surface area (Å²) in [6, 6.07) is 6.74. The molecule has 3 N–H and O–H groups in total. The number of aryl methyl sites for hydroxylation is 1. The number of aromatic amines is 1. The predicted octanol–water partition coefficient (Wildman–Crippen LogP) is 2.02. The molecule has 0 aliphatic carbocycles. The molecule has 1 aromatic heterocycles. The van der Waals surface area contributed by atoms with Crippen molar-refractivity contribution in [1.82, 2.24) is 14.9 Å². The topological polar surface area (TPSA) is 86.9 Å². The highest BCUT2D eigenvalue weighted by Crippen LogP contribution is 2.14. The molecule has 0 aliphatic heterocycles. The molecule has 7 heteroatoms. The Morgan fingerprint density at radius 2 is 1.95 bits per heavy atom. The Morgan fingerprint density at radius 3 is 2.52 bits per heavy atom. The van der Waals surface area contributed by atoms with Gasteiger partial charge in [0.15, 0.2) is 0 Å². The first kappa shape index (κ1) is 15.5. The van der Waals surface area contributed by atoms with Crippen LogP contribution in [-0.4, -0.2) is 25.2 Å². The van der Waals surface area contributed by atoms with Gasteiger partial charge in [-0.2, -0.15) is 5.10 Å². The predicted molar refractivity (Wildman–Crippen MR) is 82.6 cm³/mol. The monoisotopic (exact) mass is 308 g/mol. The van der Waals surface area contributed by atoms with E-state index >= 15 is 0 Å². The molecule has 0 radical (unpaired) electrons. The van der Waals surface area contributed by atoms with Crippen molar-refractivity contribution in [1.29, 1.82) is 0 Å². The molecule has 0 unspecified atom stereocenters. The van der Waals surface area contributed by atoms with Crippen molar-refractivity contribution in [3.8, 4) is 0 Å². The fourth-order valence-corrected chi connectivity index (χ4v) is 2.84. The molecule has 114 valence electrons. The molecular weight excluding hydrogens is 288 g/mol. The molecule has 2 rings (SSSR count). The highest BCUT2D eigenvalue weighted by molar-refractivity contribution is 7.89. The van der Waals surface area contributed by atoms with Gasteiger partial charge in [0, 0.05) is 30.0 Å². The van der Waals surface area contributed by atoms with Crippen molar-refractivity contribution in [3.05, 3.63) is 41.7 Å². The maximum absolute atomic E-state index is 12.2. The SMILES string of the molecule is CCCNc1ccc(S(=O)(=O)NCc2cn[nH]c2C)cc1. The number of sulfonamides is 1. The third kappa shape index (κ3) is 4.05. The highest BCUT2D eigenvalue weighted by atomic mass is 32.2.